The van der Waals surface area contributed by atoms with Gasteiger partial charge in [-0.15, -0.1) is 0 Å². The summed E-state index contributed by atoms with van der Waals surface area (Å²) in [6.45, 7) is 0. The fourth-order valence-corrected chi connectivity index (χ4v) is 1.91. The van der Waals surface area contributed by atoms with Crippen molar-refractivity contribution in [2.24, 2.45) is 0 Å². The number of methoxy groups -OCH3 is 2. The van der Waals surface area contributed by atoms with Crippen molar-refractivity contribution in [2.45, 2.75) is 0 Å². The maximum atomic E-state index is 5.25. The van der Waals surface area contributed by atoms with E-state index in [1.165, 1.54) is 0 Å². The molecule has 1 aromatic carbocycles. The number of ether oxygens (including phenoxy) is 2. The molecule has 1 aliphatic heterocycles. The lowest BCUT2D eigenvalue weighted by Crippen LogP contribution is -2.17. The molecule has 4 heteroatoms. The summed E-state index contributed by atoms with van der Waals surface area (Å²) in [7, 11) is 5.21. The van der Waals surface area contributed by atoms with Gasteiger partial charge in [-0.2, -0.15) is 0 Å². The molecule has 1 aromatic rings. The van der Waals surface area contributed by atoms with E-state index in [-0.39, 0.29) is 0 Å². The Morgan fingerprint density at radius 2 is 2.00 bits per heavy atom. The van der Waals surface area contributed by atoms with Crippen LogP contribution in [-0.4, -0.2) is 21.3 Å². The highest BCUT2D eigenvalue weighted by Crippen LogP contribution is 2.22. The number of hydrogen-bond acceptors (Lipinski definition) is 4. The van der Waals surface area contributed by atoms with Crippen molar-refractivity contribution in [2.75, 3.05) is 21.3 Å². The molecule has 0 saturated heterocycles. The first-order chi connectivity index (χ1) is 9.28. The minimum absolute atomic E-state index is 0.796. The minimum Gasteiger partial charge on any atom is -0.497 e. The second-order valence-electron chi connectivity index (χ2n) is 4.00. The number of rotatable bonds is 4. The summed E-state index contributed by atoms with van der Waals surface area (Å²) in [5, 5.41) is 6.42. The molecule has 0 bridgehead atoms. The van der Waals surface area contributed by atoms with Crippen LogP contribution in [0.3, 0.4) is 0 Å². The molecule has 0 aliphatic carbocycles. The zero-order chi connectivity index (χ0) is 13.7. The van der Waals surface area contributed by atoms with Gasteiger partial charge in [0, 0.05) is 18.8 Å². The molecule has 0 unspecified atom stereocenters. The van der Waals surface area contributed by atoms with Crippen molar-refractivity contribution < 1.29 is 9.47 Å². The van der Waals surface area contributed by atoms with E-state index >= 15 is 0 Å². The fraction of sp³-hybridized carbons (Fsp3) is 0.200. The maximum Gasteiger partial charge on any atom is 0.134 e. The number of hydrogen-bond donors (Lipinski definition) is 2. The molecule has 0 atom stereocenters. The molecule has 1 heterocycles. The monoisotopic (exact) mass is 258 g/mol. The van der Waals surface area contributed by atoms with Crippen LogP contribution >= 0.6 is 0 Å². The van der Waals surface area contributed by atoms with Gasteiger partial charge in [0.1, 0.15) is 11.5 Å². The van der Waals surface area contributed by atoms with Gasteiger partial charge in [-0.25, -0.2) is 0 Å². The Morgan fingerprint density at radius 3 is 2.58 bits per heavy atom. The van der Waals surface area contributed by atoms with Crippen LogP contribution in [0.15, 0.2) is 54.1 Å². The molecule has 2 rings (SSSR count). The zero-order valence-corrected chi connectivity index (χ0v) is 11.4. The molecular weight excluding hydrogens is 240 g/mol. The molecule has 0 saturated carbocycles. The smallest absolute Gasteiger partial charge is 0.134 e. The largest absolute Gasteiger partial charge is 0.497 e. The van der Waals surface area contributed by atoms with Crippen LogP contribution in [-0.2, 0) is 4.74 Å². The van der Waals surface area contributed by atoms with Crippen molar-refractivity contribution in [3.63, 3.8) is 0 Å². The van der Waals surface area contributed by atoms with Gasteiger partial charge in [0.25, 0.3) is 0 Å². The Morgan fingerprint density at radius 1 is 1.16 bits per heavy atom. The first kappa shape index (κ1) is 13.1. The van der Waals surface area contributed by atoms with Gasteiger partial charge in [-0.3, -0.25) is 0 Å². The van der Waals surface area contributed by atoms with Gasteiger partial charge in [0.05, 0.1) is 25.6 Å². The Labute approximate surface area is 113 Å². The second kappa shape index (κ2) is 6.00. The summed E-state index contributed by atoms with van der Waals surface area (Å²) >= 11 is 0. The van der Waals surface area contributed by atoms with E-state index < -0.39 is 0 Å². The molecule has 100 valence electrons. The van der Waals surface area contributed by atoms with Crippen molar-refractivity contribution in [1.29, 1.82) is 0 Å². The summed E-state index contributed by atoms with van der Waals surface area (Å²) in [6.07, 6.45) is 5.72. The number of dihydropyridines is 1. The quantitative estimate of drug-likeness (QED) is 0.869. The van der Waals surface area contributed by atoms with E-state index in [0.29, 0.717) is 0 Å². The molecule has 0 amide bonds. The van der Waals surface area contributed by atoms with E-state index in [9.17, 15) is 0 Å². The van der Waals surface area contributed by atoms with Crippen LogP contribution < -0.4 is 15.4 Å². The van der Waals surface area contributed by atoms with Crippen molar-refractivity contribution in [3.05, 3.63) is 59.6 Å². The van der Waals surface area contributed by atoms with E-state index in [1.54, 1.807) is 14.2 Å². The van der Waals surface area contributed by atoms with Gasteiger partial charge in [-0.05, 0) is 24.3 Å². The first-order valence-electron chi connectivity index (χ1n) is 6.03. The highest BCUT2D eigenvalue weighted by molar-refractivity contribution is 5.70. The Kier molecular flexibility index (Phi) is 4.13. The SMILES string of the molecule is CN/C(=C1/C=CC(OC)=CN1)c1cccc(OC)c1. The van der Waals surface area contributed by atoms with Crippen molar-refractivity contribution in [3.8, 4) is 5.75 Å². The van der Waals surface area contributed by atoms with Crippen molar-refractivity contribution >= 4 is 5.70 Å². The molecule has 19 heavy (non-hydrogen) atoms. The van der Waals surface area contributed by atoms with Crippen LogP contribution in [0, 0.1) is 0 Å². The number of nitrogens with one attached hydrogen (secondary N) is 2. The van der Waals surface area contributed by atoms with Crippen LogP contribution in [0.1, 0.15) is 5.56 Å². The summed E-state index contributed by atoms with van der Waals surface area (Å²) in [5.41, 5.74) is 3.04. The molecule has 0 radical (unpaired) electrons. The lowest BCUT2D eigenvalue weighted by atomic mass is 10.1. The molecular formula is C15H18N2O2. The topological polar surface area (TPSA) is 42.5 Å². The molecule has 1 aliphatic rings. The average Bonchev–Trinajstić information content (AvgIpc) is 2.49. The third kappa shape index (κ3) is 2.91. The van der Waals surface area contributed by atoms with E-state index in [4.69, 9.17) is 9.47 Å². The lowest BCUT2D eigenvalue weighted by molar-refractivity contribution is 0.303. The molecule has 0 aromatic heterocycles. The first-order valence-corrected chi connectivity index (χ1v) is 6.03. The normalized spacial score (nSPS) is 16.3. The third-order valence-corrected chi connectivity index (χ3v) is 2.90. The predicted molar refractivity (Wildman–Crippen MR) is 76.3 cm³/mol. The number of allylic oxidation sites excluding steroid dienone is 2. The van der Waals surface area contributed by atoms with Crippen molar-refractivity contribution in [1.82, 2.24) is 10.6 Å². The van der Waals surface area contributed by atoms with Gasteiger partial charge in [-0.1, -0.05) is 12.1 Å². The minimum atomic E-state index is 0.796. The van der Waals surface area contributed by atoms with Gasteiger partial charge < -0.3 is 20.1 Å². The summed E-state index contributed by atoms with van der Waals surface area (Å²) in [4.78, 5) is 0. The highest BCUT2D eigenvalue weighted by atomic mass is 16.5. The predicted octanol–water partition coefficient (Wildman–Crippen LogP) is 2.23. The summed E-state index contributed by atoms with van der Waals surface area (Å²) in [6, 6.07) is 7.92. The molecule has 4 nitrogen and oxygen atoms in total. The van der Waals surface area contributed by atoms with Crippen LogP contribution in [0.2, 0.25) is 0 Å². The second-order valence-corrected chi connectivity index (χ2v) is 4.00. The Balaban J connectivity index is 2.35. The average molecular weight is 258 g/mol. The van der Waals surface area contributed by atoms with Gasteiger partial charge in [0.2, 0.25) is 0 Å². The fourth-order valence-electron chi connectivity index (χ4n) is 1.91. The van der Waals surface area contributed by atoms with Crippen LogP contribution in [0.5, 0.6) is 5.75 Å². The van der Waals surface area contributed by atoms with E-state index in [0.717, 1.165) is 28.5 Å². The van der Waals surface area contributed by atoms with Gasteiger partial charge in [0.15, 0.2) is 0 Å². The maximum absolute atomic E-state index is 5.25. The summed E-state index contributed by atoms with van der Waals surface area (Å²) in [5.74, 6) is 1.63. The Hall–Kier alpha value is -2.36. The zero-order valence-electron chi connectivity index (χ0n) is 11.4. The molecule has 0 fully saturated rings. The highest BCUT2D eigenvalue weighted by Gasteiger charge is 2.09. The third-order valence-electron chi connectivity index (χ3n) is 2.90. The lowest BCUT2D eigenvalue weighted by Gasteiger charge is -2.16. The standard InChI is InChI=1S/C15H18N2O2/c1-16-15(11-5-4-6-12(9-11)18-2)14-8-7-13(19-3)10-17-14/h4-10,16-17H,1-3H3/b15-14-. The van der Waals surface area contributed by atoms with Crippen LogP contribution in [0.4, 0.5) is 0 Å². The van der Waals surface area contributed by atoms with Gasteiger partial charge >= 0.3 is 0 Å². The number of benzene rings is 1. The Bertz CT molecular complexity index is 545. The van der Waals surface area contributed by atoms with E-state index in [1.807, 2.05) is 49.7 Å². The molecule has 0 spiro atoms. The summed E-state index contributed by atoms with van der Waals surface area (Å²) < 4.78 is 10.4. The van der Waals surface area contributed by atoms with Crippen LogP contribution in [0.25, 0.3) is 5.70 Å². The van der Waals surface area contributed by atoms with E-state index in [2.05, 4.69) is 10.6 Å². The molecule has 2 N–H and O–H groups in total.